The van der Waals surface area contributed by atoms with Gasteiger partial charge in [-0.1, -0.05) is 23.4 Å². The second-order valence-corrected chi connectivity index (χ2v) is 9.99. The van der Waals surface area contributed by atoms with Crippen molar-refractivity contribution in [3.63, 3.8) is 0 Å². The van der Waals surface area contributed by atoms with Crippen LogP contribution in [0.15, 0.2) is 35.4 Å². The van der Waals surface area contributed by atoms with Crippen LogP contribution >= 0.6 is 0 Å². The van der Waals surface area contributed by atoms with Crippen molar-refractivity contribution in [3.05, 3.63) is 41.7 Å². The zero-order valence-corrected chi connectivity index (χ0v) is 17.6. The smallest absolute Gasteiger partial charge is 0.223 e. The Morgan fingerprint density at radius 3 is 2.63 bits per heavy atom. The lowest BCUT2D eigenvalue weighted by molar-refractivity contribution is -0.126. The Kier molecular flexibility index (Phi) is 5.59. The number of benzene rings is 1. The Morgan fingerprint density at radius 2 is 1.90 bits per heavy atom. The molecule has 1 saturated carbocycles. The molecule has 0 bridgehead atoms. The number of sulfone groups is 1. The number of hydrogen-bond donors (Lipinski definition) is 2. The third kappa shape index (κ3) is 4.23. The maximum absolute atomic E-state index is 12.8. The summed E-state index contributed by atoms with van der Waals surface area (Å²) in [6, 6.07) is 6.55. The minimum absolute atomic E-state index is 0.0799. The van der Waals surface area contributed by atoms with Crippen LogP contribution in [-0.4, -0.2) is 41.0 Å². The number of aromatic nitrogens is 3. The van der Waals surface area contributed by atoms with Gasteiger partial charge in [0.15, 0.2) is 9.84 Å². The average molecular weight is 432 g/mol. The highest BCUT2D eigenvalue weighted by Gasteiger charge is 2.37. The van der Waals surface area contributed by atoms with E-state index in [-0.39, 0.29) is 29.5 Å². The predicted molar refractivity (Wildman–Crippen MR) is 108 cm³/mol. The Morgan fingerprint density at radius 1 is 1.17 bits per heavy atom. The lowest BCUT2D eigenvalue weighted by atomic mass is 9.85. The second kappa shape index (κ2) is 8.17. The van der Waals surface area contributed by atoms with Gasteiger partial charge in [-0.2, -0.15) is 0 Å². The fourth-order valence-electron chi connectivity index (χ4n) is 4.25. The van der Waals surface area contributed by atoms with Crippen LogP contribution < -0.4 is 10.6 Å². The molecule has 4 rings (SSSR count). The Labute approximate surface area is 175 Å². The molecule has 0 radical (unpaired) electrons. The van der Waals surface area contributed by atoms with Crippen LogP contribution in [0.5, 0.6) is 0 Å². The van der Waals surface area contributed by atoms with Crippen molar-refractivity contribution in [2.45, 2.75) is 56.1 Å². The SMILES string of the molecule is CC(=O)NCc1cn(C2CCC(C(=O)NC3CS(=O)(=O)c4ccccc43)CC2)nn1. The highest BCUT2D eigenvalue weighted by Crippen LogP contribution is 2.35. The molecule has 0 spiro atoms. The van der Waals surface area contributed by atoms with Crippen molar-refractivity contribution in [2.75, 3.05) is 5.75 Å². The summed E-state index contributed by atoms with van der Waals surface area (Å²) < 4.78 is 26.4. The topological polar surface area (TPSA) is 123 Å². The van der Waals surface area contributed by atoms with Crippen LogP contribution in [0, 0.1) is 5.92 Å². The molecule has 9 nitrogen and oxygen atoms in total. The lowest BCUT2D eigenvalue weighted by Gasteiger charge is -2.28. The number of carbonyl (C=O) groups excluding carboxylic acids is 2. The monoisotopic (exact) mass is 431 g/mol. The summed E-state index contributed by atoms with van der Waals surface area (Å²) in [4.78, 5) is 24.1. The predicted octanol–water partition coefficient (Wildman–Crippen LogP) is 1.29. The molecule has 1 fully saturated rings. The molecule has 2 amide bonds. The Hall–Kier alpha value is -2.75. The third-order valence-corrected chi connectivity index (χ3v) is 7.66. The maximum Gasteiger partial charge on any atom is 0.223 e. The molecule has 2 aromatic rings. The molecular formula is C20H25N5O4S. The second-order valence-electron chi connectivity index (χ2n) is 7.99. The van der Waals surface area contributed by atoms with Crippen molar-refractivity contribution in [3.8, 4) is 0 Å². The van der Waals surface area contributed by atoms with E-state index < -0.39 is 15.9 Å². The molecular weight excluding hydrogens is 406 g/mol. The number of carbonyl (C=O) groups is 2. The van der Waals surface area contributed by atoms with Gasteiger partial charge in [-0.3, -0.25) is 9.59 Å². The molecule has 1 aliphatic heterocycles. The number of nitrogens with zero attached hydrogens (tertiary/aromatic N) is 3. The largest absolute Gasteiger partial charge is 0.351 e. The van der Waals surface area contributed by atoms with E-state index in [1.165, 1.54) is 6.92 Å². The first-order chi connectivity index (χ1) is 14.3. The van der Waals surface area contributed by atoms with Gasteiger partial charge in [-0.25, -0.2) is 13.1 Å². The van der Waals surface area contributed by atoms with Gasteiger partial charge in [0, 0.05) is 12.8 Å². The highest BCUT2D eigenvalue weighted by molar-refractivity contribution is 7.91. The fraction of sp³-hybridized carbons (Fsp3) is 0.500. The molecule has 160 valence electrons. The van der Waals surface area contributed by atoms with Crippen LogP contribution in [-0.2, 0) is 26.0 Å². The van der Waals surface area contributed by atoms with Gasteiger partial charge >= 0.3 is 0 Å². The number of hydrogen-bond acceptors (Lipinski definition) is 6. The molecule has 2 heterocycles. The summed E-state index contributed by atoms with van der Waals surface area (Å²) in [5.74, 6) is -0.424. The highest BCUT2D eigenvalue weighted by atomic mass is 32.2. The van der Waals surface area contributed by atoms with Gasteiger partial charge in [-0.05, 0) is 37.3 Å². The van der Waals surface area contributed by atoms with Crippen molar-refractivity contribution in [1.29, 1.82) is 0 Å². The van der Waals surface area contributed by atoms with Crippen molar-refractivity contribution in [2.24, 2.45) is 5.92 Å². The Bertz CT molecular complexity index is 1060. The molecule has 2 N–H and O–H groups in total. The van der Waals surface area contributed by atoms with Gasteiger partial charge in [0.05, 0.1) is 35.5 Å². The molecule has 10 heteroatoms. The van der Waals surface area contributed by atoms with E-state index in [4.69, 9.17) is 0 Å². The van der Waals surface area contributed by atoms with E-state index in [1.807, 2.05) is 10.9 Å². The minimum Gasteiger partial charge on any atom is -0.351 e. The maximum atomic E-state index is 12.8. The van der Waals surface area contributed by atoms with Gasteiger partial charge in [0.1, 0.15) is 5.69 Å². The van der Waals surface area contributed by atoms with E-state index in [1.54, 1.807) is 24.3 Å². The third-order valence-electron chi connectivity index (χ3n) is 5.85. The van der Waals surface area contributed by atoms with Crippen LogP contribution in [0.25, 0.3) is 0 Å². The number of fused-ring (bicyclic) bond motifs is 1. The molecule has 30 heavy (non-hydrogen) atoms. The van der Waals surface area contributed by atoms with Crippen molar-refractivity contribution in [1.82, 2.24) is 25.6 Å². The first-order valence-corrected chi connectivity index (χ1v) is 11.8. The molecule has 1 aromatic carbocycles. The van der Waals surface area contributed by atoms with Gasteiger partial charge in [0.2, 0.25) is 11.8 Å². The number of rotatable bonds is 5. The summed E-state index contributed by atoms with van der Waals surface area (Å²) in [7, 11) is -3.34. The van der Waals surface area contributed by atoms with Gasteiger partial charge in [-0.15, -0.1) is 5.10 Å². The summed E-state index contributed by atoms with van der Waals surface area (Å²) >= 11 is 0. The summed E-state index contributed by atoms with van der Waals surface area (Å²) in [6.07, 6.45) is 4.83. The summed E-state index contributed by atoms with van der Waals surface area (Å²) in [5.41, 5.74) is 1.38. The van der Waals surface area contributed by atoms with E-state index >= 15 is 0 Å². The zero-order chi connectivity index (χ0) is 21.3. The van der Waals surface area contributed by atoms with Gasteiger partial charge < -0.3 is 10.6 Å². The van der Waals surface area contributed by atoms with Gasteiger partial charge in [0.25, 0.3) is 0 Å². The van der Waals surface area contributed by atoms with E-state index in [0.717, 1.165) is 12.8 Å². The Balaban J connectivity index is 1.33. The average Bonchev–Trinajstić information content (AvgIpc) is 3.30. The fourth-order valence-corrected chi connectivity index (χ4v) is 5.99. The van der Waals surface area contributed by atoms with Crippen LogP contribution in [0.3, 0.4) is 0 Å². The summed E-state index contributed by atoms with van der Waals surface area (Å²) in [5, 5.41) is 13.9. The first kappa shape index (κ1) is 20.5. The zero-order valence-electron chi connectivity index (χ0n) is 16.7. The number of amides is 2. The molecule has 1 aliphatic carbocycles. The minimum atomic E-state index is -3.34. The standard InChI is InChI=1S/C20H25N5O4S/c1-13(26)21-10-15-11-25(24-23-15)16-8-6-14(7-9-16)20(27)22-18-12-30(28,29)19-5-3-2-4-17(18)19/h2-5,11,14,16,18H,6-10,12H2,1H3,(H,21,26)(H,22,27). The quantitative estimate of drug-likeness (QED) is 0.735. The van der Waals surface area contributed by atoms with E-state index in [9.17, 15) is 18.0 Å². The molecule has 2 aliphatic rings. The molecule has 0 saturated heterocycles. The molecule has 1 unspecified atom stereocenters. The van der Waals surface area contributed by atoms with Crippen LogP contribution in [0.1, 0.15) is 55.9 Å². The molecule has 1 aromatic heterocycles. The van der Waals surface area contributed by atoms with Crippen LogP contribution in [0.2, 0.25) is 0 Å². The van der Waals surface area contributed by atoms with E-state index in [2.05, 4.69) is 20.9 Å². The number of nitrogens with one attached hydrogen (secondary N) is 2. The normalized spacial score (nSPS) is 24.8. The summed E-state index contributed by atoms with van der Waals surface area (Å²) in [6.45, 7) is 1.80. The molecule has 1 atom stereocenters. The lowest BCUT2D eigenvalue weighted by Crippen LogP contribution is -2.36. The van der Waals surface area contributed by atoms with Crippen molar-refractivity contribution < 1.29 is 18.0 Å². The van der Waals surface area contributed by atoms with E-state index in [0.29, 0.717) is 35.5 Å². The van der Waals surface area contributed by atoms with Crippen molar-refractivity contribution >= 4 is 21.7 Å². The van der Waals surface area contributed by atoms with Crippen LogP contribution in [0.4, 0.5) is 0 Å². The first-order valence-electron chi connectivity index (χ1n) is 10.1.